The van der Waals surface area contributed by atoms with Crippen LogP contribution in [0, 0.1) is 0 Å². The third-order valence-electron chi connectivity index (χ3n) is 2.89. The average Bonchev–Trinajstić information content (AvgIpc) is 2.63. The van der Waals surface area contributed by atoms with Crippen molar-refractivity contribution in [1.82, 2.24) is 10.0 Å². The Kier molecular flexibility index (Phi) is 5.02. The topological polar surface area (TPSA) is 26.2 Å². The van der Waals surface area contributed by atoms with Gasteiger partial charge in [0.05, 0.1) is 11.4 Å². The molecule has 1 aromatic rings. The number of aromatic nitrogens is 1. The summed E-state index contributed by atoms with van der Waals surface area (Å²) in [5.74, 6) is 0. The first kappa shape index (κ1) is 14.1. The molecule has 0 aliphatic rings. The molecular formula is C13H24N2OSi. The summed E-state index contributed by atoms with van der Waals surface area (Å²) in [5, 5.41) is 0. The normalized spacial score (nSPS) is 11.5. The van der Waals surface area contributed by atoms with E-state index in [9.17, 15) is 0 Å². The third kappa shape index (κ3) is 3.75. The highest BCUT2D eigenvalue weighted by molar-refractivity contribution is 6.54. The van der Waals surface area contributed by atoms with Gasteiger partial charge in [0.25, 0.3) is 0 Å². The summed E-state index contributed by atoms with van der Waals surface area (Å²) in [6, 6.07) is 4.03. The van der Waals surface area contributed by atoms with Crippen molar-refractivity contribution in [3.05, 3.63) is 30.6 Å². The highest BCUT2D eigenvalue weighted by Crippen LogP contribution is 2.21. The van der Waals surface area contributed by atoms with Gasteiger partial charge >= 0.3 is 0 Å². The molecule has 96 valence electrons. The SMILES string of the molecule is C=C(NO[SiH](C(C)C)C(C)C)c1cccn1C. The number of nitrogens with one attached hydrogen (secondary N) is 1. The number of hydrogen-bond donors (Lipinski definition) is 1. The van der Waals surface area contributed by atoms with Crippen LogP contribution in [0.2, 0.25) is 11.1 Å². The van der Waals surface area contributed by atoms with Crippen molar-refractivity contribution in [2.75, 3.05) is 0 Å². The summed E-state index contributed by atoms with van der Waals surface area (Å²) in [6.07, 6.45) is 2.00. The summed E-state index contributed by atoms with van der Waals surface area (Å²) >= 11 is 0. The molecule has 1 N–H and O–H groups in total. The Morgan fingerprint density at radius 3 is 2.35 bits per heavy atom. The summed E-state index contributed by atoms with van der Waals surface area (Å²) in [6.45, 7) is 12.9. The molecule has 0 aliphatic carbocycles. The quantitative estimate of drug-likeness (QED) is 0.622. The number of nitrogens with zero attached hydrogens (tertiary/aromatic N) is 1. The van der Waals surface area contributed by atoms with Crippen LogP contribution in [0.4, 0.5) is 0 Å². The Morgan fingerprint density at radius 1 is 1.35 bits per heavy atom. The molecule has 0 fully saturated rings. The zero-order chi connectivity index (χ0) is 13.0. The van der Waals surface area contributed by atoms with Crippen LogP contribution in [0.3, 0.4) is 0 Å². The molecule has 0 bridgehead atoms. The molecule has 0 aliphatic heterocycles. The first-order valence-electron chi connectivity index (χ1n) is 6.15. The zero-order valence-electron chi connectivity index (χ0n) is 11.5. The predicted octanol–water partition coefficient (Wildman–Crippen LogP) is 3.06. The van der Waals surface area contributed by atoms with Crippen LogP contribution in [-0.2, 0) is 11.6 Å². The molecule has 0 amide bonds. The third-order valence-corrected chi connectivity index (χ3v) is 5.90. The van der Waals surface area contributed by atoms with Crippen LogP contribution in [0.5, 0.6) is 0 Å². The molecule has 1 heterocycles. The predicted molar refractivity (Wildman–Crippen MR) is 76.0 cm³/mol. The van der Waals surface area contributed by atoms with Crippen molar-refractivity contribution < 1.29 is 4.53 Å². The van der Waals surface area contributed by atoms with Crippen molar-refractivity contribution in [1.29, 1.82) is 0 Å². The number of hydrogen-bond acceptors (Lipinski definition) is 2. The molecular weight excluding hydrogens is 228 g/mol. The fourth-order valence-corrected chi connectivity index (χ4v) is 4.37. The Morgan fingerprint density at radius 2 is 1.94 bits per heavy atom. The lowest BCUT2D eigenvalue weighted by Crippen LogP contribution is -2.32. The minimum Gasteiger partial charge on any atom is -0.349 e. The van der Waals surface area contributed by atoms with E-state index in [0.717, 1.165) is 11.4 Å². The van der Waals surface area contributed by atoms with E-state index in [-0.39, 0.29) is 0 Å². The lowest BCUT2D eigenvalue weighted by atomic mass is 10.3. The lowest BCUT2D eigenvalue weighted by Gasteiger charge is -2.24. The highest BCUT2D eigenvalue weighted by atomic mass is 28.3. The van der Waals surface area contributed by atoms with Gasteiger partial charge in [-0.1, -0.05) is 34.3 Å². The summed E-state index contributed by atoms with van der Waals surface area (Å²) in [7, 11) is 0.764. The van der Waals surface area contributed by atoms with E-state index in [2.05, 4.69) is 39.8 Å². The summed E-state index contributed by atoms with van der Waals surface area (Å²) in [5.41, 5.74) is 6.15. The van der Waals surface area contributed by atoms with E-state index >= 15 is 0 Å². The van der Waals surface area contributed by atoms with E-state index in [4.69, 9.17) is 4.53 Å². The first-order valence-corrected chi connectivity index (χ1v) is 7.96. The lowest BCUT2D eigenvalue weighted by molar-refractivity contribution is 0.242. The molecule has 0 saturated heterocycles. The summed E-state index contributed by atoms with van der Waals surface area (Å²) < 4.78 is 7.91. The fourth-order valence-electron chi connectivity index (χ4n) is 2.01. The van der Waals surface area contributed by atoms with Gasteiger partial charge < -0.3 is 9.09 Å². The van der Waals surface area contributed by atoms with Gasteiger partial charge in [0, 0.05) is 13.2 Å². The minimum absolute atomic E-state index is 0.615. The Bertz CT molecular complexity index is 363. The standard InChI is InChI=1S/C13H24N2OSi/c1-10(2)17(11(3)4)16-14-12(5)13-8-7-9-15(13)6/h7-11,14,17H,5H2,1-4,6H3. The number of aryl methyl sites for hydroxylation is 1. The van der Waals surface area contributed by atoms with Crippen LogP contribution in [0.25, 0.3) is 5.70 Å². The van der Waals surface area contributed by atoms with E-state index in [1.165, 1.54) is 0 Å². The number of hydroxylamine groups is 1. The van der Waals surface area contributed by atoms with E-state index in [1.807, 2.05) is 29.9 Å². The molecule has 17 heavy (non-hydrogen) atoms. The van der Waals surface area contributed by atoms with Gasteiger partial charge in [0.15, 0.2) is 0 Å². The van der Waals surface area contributed by atoms with Gasteiger partial charge in [0.1, 0.15) is 0 Å². The van der Waals surface area contributed by atoms with Crippen molar-refractivity contribution >= 4 is 14.7 Å². The Balaban J connectivity index is 2.56. The second-order valence-electron chi connectivity index (χ2n) is 5.16. The molecule has 0 spiro atoms. The fraction of sp³-hybridized carbons (Fsp3) is 0.538. The molecule has 0 aromatic carbocycles. The van der Waals surface area contributed by atoms with Crippen molar-refractivity contribution in [3.63, 3.8) is 0 Å². The maximum atomic E-state index is 5.88. The van der Waals surface area contributed by atoms with Crippen molar-refractivity contribution in [3.8, 4) is 0 Å². The molecule has 1 aromatic heterocycles. The van der Waals surface area contributed by atoms with Crippen LogP contribution in [0.15, 0.2) is 24.9 Å². The van der Waals surface area contributed by atoms with Gasteiger partial charge in [-0.3, -0.25) is 5.48 Å². The van der Waals surface area contributed by atoms with E-state index < -0.39 is 9.04 Å². The molecule has 0 radical (unpaired) electrons. The largest absolute Gasteiger partial charge is 0.349 e. The van der Waals surface area contributed by atoms with Crippen LogP contribution >= 0.6 is 0 Å². The van der Waals surface area contributed by atoms with Crippen molar-refractivity contribution in [2.45, 2.75) is 38.8 Å². The van der Waals surface area contributed by atoms with Crippen LogP contribution in [-0.4, -0.2) is 13.6 Å². The van der Waals surface area contributed by atoms with Gasteiger partial charge in [-0.2, -0.15) is 0 Å². The number of rotatable bonds is 6. The van der Waals surface area contributed by atoms with Gasteiger partial charge in [-0.15, -0.1) is 0 Å². The smallest absolute Gasteiger partial charge is 0.219 e. The highest BCUT2D eigenvalue weighted by Gasteiger charge is 2.22. The molecule has 1 rings (SSSR count). The Hall–Kier alpha value is -1.00. The van der Waals surface area contributed by atoms with E-state index in [0.29, 0.717) is 11.1 Å². The van der Waals surface area contributed by atoms with Gasteiger partial charge in [0.2, 0.25) is 9.04 Å². The van der Waals surface area contributed by atoms with Crippen molar-refractivity contribution in [2.24, 2.45) is 7.05 Å². The maximum absolute atomic E-state index is 5.88. The van der Waals surface area contributed by atoms with Crippen LogP contribution < -0.4 is 5.48 Å². The molecule has 0 unspecified atom stereocenters. The monoisotopic (exact) mass is 252 g/mol. The molecule has 0 atom stereocenters. The second kappa shape index (κ2) is 6.07. The second-order valence-corrected chi connectivity index (χ2v) is 8.99. The molecule has 4 heteroatoms. The zero-order valence-corrected chi connectivity index (χ0v) is 12.7. The van der Waals surface area contributed by atoms with Gasteiger partial charge in [-0.25, -0.2) is 0 Å². The van der Waals surface area contributed by atoms with Gasteiger partial charge in [-0.05, 0) is 23.2 Å². The maximum Gasteiger partial charge on any atom is 0.219 e. The van der Waals surface area contributed by atoms with E-state index in [1.54, 1.807) is 0 Å². The Labute approximate surface area is 106 Å². The van der Waals surface area contributed by atoms with Crippen LogP contribution in [0.1, 0.15) is 33.4 Å². The average molecular weight is 252 g/mol. The first-order chi connectivity index (χ1) is 7.93. The minimum atomic E-state index is -1.24. The molecule has 3 nitrogen and oxygen atoms in total. The summed E-state index contributed by atoms with van der Waals surface area (Å²) in [4.78, 5) is 0. The molecule has 0 saturated carbocycles.